The van der Waals surface area contributed by atoms with E-state index in [1.165, 1.54) is 0 Å². The number of cyclic esters (lactones) is 1. The van der Waals surface area contributed by atoms with Crippen molar-refractivity contribution >= 4 is 35.2 Å². The molecule has 0 spiro atoms. The van der Waals surface area contributed by atoms with Crippen LogP contribution in [0, 0.1) is 0 Å². The molecule has 0 atom stereocenters. The van der Waals surface area contributed by atoms with Gasteiger partial charge in [-0.05, 0) is 37.0 Å². The molecule has 0 saturated carbocycles. The van der Waals surface area contributed by atoms with Crippen molar-refractivity contribution in [3.63, 3.8) is 0 Å². The Balaban J connectivity index is 1.33. The summed E-state index contributed by atoms with van der Waals surface area (Å²) in [7, 11) is 0. The van der Waals surface area contributed by atoms with Crippen molar-refractivity contribution in [1.82, 2.24) is 15.1 Å². The van der Waals surface area contributed by atoms with Gasteiger partial charge in [-0.15, -0.1) is 0 Å². The molecule has 3 rings (SSSR count). The maximum atomic E-state index is 12.1. The average Bonchev–Trinajstić information content (AvgIpc) is 3.05. The summed E-state index contributed by atoms with van der Waals surface area (Å²) in [5, 5.41) is 4.27. The number of piperidine rings is 1. The summed E-state index contributed by atoms with van der Waals surface area (Å²) in [6, 6.07) is 5.96. The van der Waals surface area contributed by atoms with Gasteiger partial charge in [0.25, 0.3) is 0 Å². The Morgan fingerprint density at radius 3 is 2.63 bits per heavy atom. The summed E-state index contributed by atoms with van der Waals surface area (Å²) in [6.07, 6.45) is 2.70. The van der Waals surface area contributed by atoms with E-state index in [2.05, 4.69) is 10.2 Å². The molecule has 27 heavy (non-hydrogen) atoms. The summed E-state index contributed by atoms with van der Waals surface area (Å²) < 4.78 is 4.88. The van der Waals surface area contributed by atoms with Crippen LogP contribution in [-0.4, -0.2) is 60.6 Å². The number of amides is 2. The third-order valence-electron chi connectivity index (χ3n) is 5.02. The molecule has 2 aliphatic heterocycles. The van der Waals surface area contributed by atoms with Gasteiger partial charge in [-0.3, -0.25) is 9.69 Å². The largest absolute Gasteiger partial charge is 0.448 e. The van der Waals surface area contributed by atoms with Gasteiger partial charge in [-0.25, -0.2) is 4.79 Å². The molecule has 1 aromatic rings. The van der Waals surface area contributed by atoms with Crippen molar-refractivity contribution in [1.29, 1.82) is 0 Å². The topological polar surface area (TPSA) is 61.9 Å². The molecule has 2 fully saturated rings. The van der Waals surface area contributed by atoms with Crippen LogP contribution < -0.4 is 5.32 Å². The molecule has 2 amide bonds. The molecule has 0 unspecified atom stereocenters. The first-order valence-electron chi connectivity index (χ1n) is 9.38. The second kappa shape index (κ2) is 9.62. The molecule has 8 heteroatoms. The fraction of sp³-hybridized carbons (Fsp3) is 0.579. The van der Waals surface area contributed by atoms with E-state index in [4.69, 9.17) is 27.9 Å². The quantitative estimate of drug-likeness (QED) is 0.744. The van der Waals surface area contributed by atoms with Gasteiger partial charge in [-0.2, -0.15) is 0 Å². The first-order valence-corrected chi connectivity index (χ1v) is 10.1. The molecule has 1 aromatic carbocycles. The first kappa shape index (κ1) is 20.2. The molecular formula is C19H25Cl2N3O3. The number of rotatable bonds is 7. The Labute approximate surface area is 169 Å². The number of carbonyl (C=O) groups excluding carboxylic acids is 2. The molecule has 6 nitrogen and oxygen atoms in total. The van der Waals surface area contributed by atoms with Crippen LogP contribution in [0.2, 0.25) is 10.0 Å². The van der Waals surface area contributed by atoms with Gasteiger partial charge in [0.1, 0.15) is 6.61 Å². The van der Waals surface area contributed by atoms with Gasteiger partial charge in [0.05, 0.1) is 16.6 Å². The third kappa shape index (κ3) is 5.99. The van der Waals surface area contributed by atoms with Crippen molar-refractivity contribution in [3.05, 3.63) is 33.8 Å². The second-order valence-corrected chi connectivity index (χ2v) is 7.89. The molecular weight excluding hydrogens is 389 g/mol. The number of hydrogen-bond donors (Lipinski definition) is 1. The zero-order valence-electron chi connectivity index (χ0n) is 15.3. The van der Waals surface area contributed by atoms with E-state index in [9.17, 15) is 9.59 Å². The fourth-order valence-electron chi connectivity index (χ4n) is 3.49. The smallest absolute Gasteiger partial charge is 0.409 e. The van der Waals surface area contributed by atoms with Crippen LogP contribution in [0.25, 0.3) is 0 Å². The third-order valence-corrected chi connectivity index (χ3v) is 5.76. The first-order chi connectivity index (χ1) is 13.0. The number of nitrogens with zero attached hydrogens (tertiary/aromatic N) is 2. The lowest BCUT2D eigenvalue weighted by Crippen LogP contribution is -2.44. The summed E-state index contributed by atoms with van der Waals surface area (Å²) in [4.78, 5) is 27.5. The van der Waals surface area contributed by atoms with Crippen LogP contribution in [0.4, 0.5) is 4.79 Å². The summed E-state index contributed by atoms with van der Waals surface area (Å²) in [5.41, 5.74) is 1.15. The lowest BCUT2D eigenvalue weighted by Gasteiger charge is -2.32. The van der Waals surface area contributed by atoms with E-state index < -0.39 is 0 Å². The number of ether oxygens (including phenoxy) is 1. The fourth-order valence-corrected chi connectivity index (χ4v) is 3.81. The van der Waals surface area contributed by atoms with Gasteiger partial charge >= 0.3 is 6.09 Å². The van der Waals surface area contributed by atoms with Crippen LogP contribution in [0.1, 0.15) is 31.2 Å². The highest BCUT2D eigenvalue weighted by atomic mass is 35.5. The SMILES string of the molecule is O=C(CCCN1CCOC1=O)NC1CCN(Cc2ccc(Cl)c(Cl)c2)CC1. The predicted octanol–water partition coefficient (Wildman–Crippen LogP) is 3.31. The number of carbonyl (C=O) groups is 2. The molecule has 0 aliphatic carbocycles. The zero-order chi connectivity index (χ0) is 19.2. The Morgan fingerprint density at radius 1 is 1.19 bits per heavy atom. The number of likely N-dealkylation sites (tertiary alicyclic amines) is 1. The van der Waals surface area contributed by atoms with Gasteiger partial charge in [0.15, 0.2) is 0 Å². The summed E-state index contributed by atoms with van der Waals surface area (Å²) >= 11 is 12.0. The molecule has 2 saturated heterocycles. The number of hydrogen-bond acceptors (Lipinski definition) is 4. The normalized spacial score (nSPS) is 18.6. The molecule has 0 radical (unpaired) electrons. The van der Waals surface area contributed by atoms with Gasteiger partial charge in [-0.1, -0.05) is 29.3 Å². The van der Waals surface area contributed by atoms with Crippen molar-refractivity contribution in [2.24, 2.45) is 0 Å². The van der Waals surface area contributed by atoms with E-state index >= 15 is 0 Å². The number of nitrogens with one attached hydrogen (secondary N) is 1. The standard InChI is InChI=1S/C19H25Cl2N3O3/c20-16-4-3-14(12-17(16)21)13-23-8-5-15(6-9-23)22-18(25)2-1-7-24-10-11-27-19(24)26/h3-4,12,15H,1-2,5-11,13H2,(H,22,25). The van der Waals surface area contributed by atoms with E-state index in [0.29, 0.717) is 42.6 Å². The van der Waals surface area contributed by atoms with Crippen LogP contribution in [0.15, 0.2) is 18.2 Å². The molecule has 2 aliphatic rings. The Bertz CT molecular complexity index is 678. The highest BCUT2D eigenvalue weighted by Crippen LogP contribution is 2.24. The van der Waals surface area contributed by atoms with Crippen molar-refractivity contribution in [2.75, 3.05) is 32.8 Å². The van der Waals surface area contributed by atoms with Crippen molar-refractivity contribution in [2.45, 2.75) is 38.3 Å². The Hall–Kier alpha value is -1.50. The Kier molecular flexibility index (Phi) is 7.21. The maximum Gasteiger partial charge on any atom is 0.409 e. The summed E-state index contributed by atoms with van der Waals surface area (Å²) in [6.45, 7) is 4.36. The molecule has 148 valence electrons. The maximum absolute atomic E-state index is 12.1. The van der Waals surface area contributed by atoms with E-state index in [1.54, 1.807) is 4.90 Å². The van der Waals surface area contributed by atoms with Crippen molar-refractivity contribution < 1.29 is 14.3 Å². The minimum Gasteiger partial charge on any atom is -0.448 e. The minimum atomic E-state index is -0.273. The second-order valence-electron chi connectivity index (χ2n) is 7.07. The monoisotopic (exact) mass is 413 g/mol. The number of halogens is 2. The lowest BCUT2D eigenvalue weighted by atomic mass is 10.0. The lowest BCUT2D eigenvalue weighted by molar-refractivity contribution is -0.122. The van der Waals surface area contributed by atoms with E-state index in [-0.39, 0.29) is 18.0 Å². The average molecular weight is 414 g/mol. The predicted molar refractivity (Wildman–Crippen MR) is 105 cm³/mol. The van der Waals surface area contributed by atoms with Gasteiger partial charge in [0.2, 0.25) is 5.91 Å². The zero-order valence-corrected chi connectivity index (χ0v) is 16.8. The number of benzene rings is 1. The van der Waals surface area contributed by atoms with E-state index in [1.807, 2.05) is 18.2 Å². The van der Waals surface area contributed by atoms with E-state index in [0.717, 1.165) is 38.0 Å². The Morgan fingerprint density at radius 2 is 1.96 bits per heavy atom. The van der Waals surface area contributed by atoms with Gasteiger partial charge in [0, 0.05) is 38.6 Å². The highest BCUT2D eigenvalue weighted by molar-refractivity contribution is 6.42. The van der Waals surface area contributed by atoms with Crippen molar-refractivity contribution in [3.8, 4) is 0 Å². The van der Waals surface area contributed by atoms with Crippen LogP contribution in [0.3, 0.4) is 0 Å². The van der Waals surface area contributed by atoms with Gasteiger partial charge < -0.3 is 15.0 Å². The molecule has 0 bridgehead atoms. The van der Waals surface area contributed by atoms with Crippen LogP contribution in [-0.2, 0) is 16.1 Å². The molecule has 1 N–H and O–H groups in total. The highest BCUT2D eigenvalue weighted by Gasteiger charge is 2.23. The molecule has 0 aromatic heterocycles. The summed E-state index contributed by atoms with van der Waals surface area (Å²) in [5.74, 6) is 0.0606. The minimum absolute atomic E-state index is 0.0606. The van der Waals surface area contributed by atoms with Crippen LogP contribution >= 0.6 is 23.2 Å². The molecule has 2 heterocycles. The van der Waals surface area contributed by atoms with Crippen LogP contribution in [0.5, 0.6) is 0 Å².